The Hall–Kier alpha value is -1.93. The summed E-state index contributed by atoms with van der Waals surface area (Å²) in [7, 11) is -1.19. The maximum atomic E-state index is 12.0. The first-order valence-corrected chi connectivity index (χ1v) is 10.1. The van der Waals surface area contributed by atoms with Crippen LogP contribution in [0.2, 0.25) is 0 Å². The summed E-state index contributed by atoms with van der Waals surface area (Å²) in [5.74, 6) is -0.227. The van der Waals surface area contributed by atoms with Gasteiger partial charge in [-0.05, 0) is 38.1 Å². The van der Waals surface area contributed by atoms with Gasteiger partial charge in [-0.1, -0.05) is 12.1 Å². The Morgan fingerprint density at radius 1 is 1.28 bits per heavy atom. The molecule has 7 nitrogen and oxygen atoms in total. The van der Waals surface area contributed by atoms with Crippen LogP contribution in [-0.4, -0.2) is 62.9 Å². The van der Waals surface area contributed by atoms with E-state index in [9.17, 15) is 18.0 Å². The van der Waals surface area contributed by atoms with Gasteiger partial charge in [0, 0.05) is 12.6 Å². The van der Waals surface area contributed by atoms with Crippen LogP contribution in [0.4, 0.5) is 0 Å². The quantitative estimate of drug-likeness (QED) is 0.709. The predicted molar refractivity (Wildman–Crippen MR) is 93.9 cm³/mol. The minimum Gasteiger partial charge on any atom is -0.462 e. The van der Waals surface area contributed by atoms with Gasteiger partial charge in [-0.3, -0.25) is 9.69 Å². The van der Waals surface area contributed by atoms with Gasteiger partial charge in [0.05, 0.1) is 30.2 Å². The Bertz CT molecular complexity index is 715. The molecule has 25 heavy (non-hydrogen) atoms. The van der Waals surface area contributed by atoms with Gasteiger partial charge in [-0.15, -0.1) is 0 Å². The summed E-state index contributed by atoms with van der Waals surface area (Å²) < 4.78 is 27.9. The third-order valence-electron chi connectivity index (χ3n) is 4.18. The van der Waals surface area contributed by atoms with Crippen LogP contribution in [0.3, 0.4) is 0 Å². The number of hydrogen-bond donors (Lipinski definition) is 1. The normalized spacial score (nSPS) is 18.9. The lowest BCUT2D eigenvalue weighted by atomic mass is 10.1. The molecule has 0 aromatic heterocycles. The Balaban J connectivity index is 1.79. The molecule has 0 bridgehead atoms. The zero-order valence-corrected chi connectivity index (χ0v) is 15.3. The summed E-state index contributed by atoms with van der Waals surface area (Å²) >= 11 is 0. The lowest BCUT2D eigenvalue weighted by Crippen LogP contribution is -2.41. The van der Waals surface area contributed by atoms with Crippen molar-refractivity contribution >= 4 is 21.7 Å². The number of esters is 1. The summed E-state index contributed by atoms with van der Waals surface area (Å²) in [6.07, 6.45) is 0.571. The summed E-state index contributed by atoms with van der Waals surface area (Å²) in [5.41, 5.74) is 1.34. The number of ether oxygens (including phenoxy) is 1. The molecule has 1 aliphatic rings. The van der Waals surface area contributed by atoms with Crippen LogP contribution in [0.15, 0.2) is 24.3 Å². The molecule has 1 fully saturated rings. The number of likely N-dealkylation sites (N-methyl/N-ethyl adjacent to an activating group) is 1. The molecule has 0 radical (unpaired) electrons. The van der Waals surface area contributed by atoms with Crippen molar-refractivity contribution in [2.45, 2.75) is 25.9 Å². The molecule has 1 aliphatic heterocycles. The van der Waals surface area contributed by atoms with Crippen molar-refractivity contribution in [1.82, 2.24) is 10.2 Å². The van der Waals surface area contributed by atoms with Crippen molar-refractivity contribution in [3.63, 3.8) is 0 Å². The Morgan fingerprint density at radius 3 is 2.52 bits per heavy atom. The van der Waals surface area contributed by atoms with Crippen molar-refractivity contribution in [3.8, 4) is 0 Å². The molecule has 0 aliphatic carbocycles. The van der Waals surface area contributed by atoms with Gasteiger partial charge in [0.2, 0.25) is 5.91 Å². The molecule has 0 spiro atoms. The summed E-state index contributed by atoms with van der Waals surface area (Å²) in [6.45, 7) is 2.58. The highest BCUT2D eigenvalue weighted by molar-refractivity contribution is 7.91. The molecule has 0 unspecified atom stereocenters. The van der Waals surface area contributed by atoms with Gasteiger partial charge in [-0.2, -0.15) is 0 Å². The van der Waals surface area contributed by atoms with E-state index in [4.69, 9.17) is 4.74 Å². The molecule has 138 valence electrons. The van der Waals surface area contributed by atoms with Gasteiger partial charge < -0.3 is 10.1 Å². The van der Waals surface area contributed by atoms with Crippen molar-refractivity contribution < 1.29 is 22.7 Å². The van der Waals surface area contributed by atoms with Crippen molar-refractivity contribution in [3.05, 3.63) is 35.4 Å². The number of carbonyl (C=O) groups excluding carboxylic acids is 2. The van der Waals surface area contributed by atoms with Gasteiger partial charge in [0.15, 0.2) is 9.84 Å². The van der Waals surface area contributed by atoms with E-state index in [2.05, 4.69) is 5.32 Å². The van der Waals surface area contributed by atoms with Crippen molar-refractivity contribution in [2.24, 2.45) is 0 Å². The molecule has 1 amide bonds. The molecule has 1 aromatic carbocycles. The van der Waals surface area contributed by atoms with Crippen LogP contribution < -0.4 is 5.32 Å². The lowest BCUT2D eigenvalue weighted by Gasteiger charge is -2.22. The molecule has 1 saturated heterocycles. The average Bonchev–Trinajstić information content (AvgIpc) is 2.94. The number of amides is 1. The third kappa shape index (κ3) is 5.82. The maximum Gasteiger partial charge on any atom is 0.338 e. The molecule has 8 heteroatoms. The number of rotatable bonds is 7. The number of hydrogen-bond acceptors (Lipinski definition) is 6. The second-order valence-electron chi connectivity index (χ2n) is 6.17. The number of nitrogens with zero attached hydrogens (tertiary/aromatic N) is 1. The number of carbonyl (C=O) groups is 2. The van der Waals surface area contributed by atoms with E-state index in [0.29, 0.717) is 25.1 Å². The van der Waals surface area contributed by atoms with E-state index in [-0.39, 0.29) is 36.0 Å². The smallest absolute Gasteiger partial charge is 0.338 e. The second kappa shape index (κ2) is 8.44. The number of sulfone groups is 1. The van der Waals surface area contributed by atoms with Gasteiger partial charge in [-0.25, -0.2) is 13.2 Å². The number of nitrogens with one attached hydrogen (secondary N) is 1. The highest BCUT2D eigenvalue weighted by atomic mass is 32.2. The summed E-state index contributed by atoms with van der Waals surface area (Å²) in [4.78, 5) is 25.4. The first-order valence-electron chi connectivity index (χ1n) is 8.24. The van der Waals surface area contributed by atoms with E-state index in [1.54, 1.807) is 43.1 Å². The van der Waals surface area contributed by atoms with Gasteiger partial charge in [0.25, 0.3) is 0 Å². The fraction of sp³-hybridized carbons (Fsp3) is 0.529. The molecular weight excluding hydrogens is 344 g/mol. The van der Waals surface area contributed by atoms with E-state index in [0.717, 1.165) is 5.56 Å². The Morgan fingerprint density at radius 2 is 1.96 bits per heavy atom. The Kier molecular flexibility index (Phi) is 6.55. The van der Waals surface area contributed by atoms with Gasteiger partial charge in [0.1, 0.15) is 0 Å². The molecule has 0 saturated carbocycles. The van der Waals surface area contributed by atoms with E-state index < -0.39 is 9.84 Å². The van der Waals surface area contributed by atoms with E-state index in [1.165, 1.54) is 0 Å². The highest BCUT2D eigenvalue weighted by Crippen LogP contribution is 2.16. The molecule has 1 aromatic rings. The summed E-state index contributed by atoms with van der Waals surface area (Å²) in [6, 6.07) is 6.75. The first kappa shape index (κ1) is 19.4. The highest BCUT2D eigenvalue weighted by Gasteiger charge is 2.31. The molecule has 1 atom stereocenters. The standard InChI is InChI=1S/C17H24N2O5S/c1-3-24-17(21)14-6-4-13(5-7-14)10-18-16(20)11-19(2)15-8-9-25(22,23)12-15/h4-7,15H,3,8-12H2,1-2H3,(H,18,20)/t15-/m1/s1. The van der Waals surface area contributed by atoms with Crippen molar-refractivity contribution in [1.29, 1.82) is 0 Å². The zero-order valence-electron chi connectivity index (χ0n) is 14.5. The maximum absolute atomic E-state index is 12.0. The lowest BCUT2D eigenvalue weighted by molar-refractivity contribution is -0.122. The third-order valence-corrected chi connectivity index (χ3v) is 5.93. The van der Waals surface area contributed by atoms with Gasteiger partial charge >= 0.3 is 5.97 Å². The summed E-state index contributed by atoms with van der Waals surface area (Å²) in [5, 5.41) is 2.80. The first-order chi connectivity index (χ1) is 11.8. The van der Waals surface area contributed by atoms with E-state index >= 15 is 0 Å². The van der Waals surface area contributed by atoms with Crippen LogP contribution in [0.1, 0.15) is 29.3 Å². The topological polar surface area (TPSA) is 92.8 Å². The number of benzene rings is 1. The van der Waals surface area contributed by atoms with Crippen LogP contribution in [-0.2, 0) is 25.9 Å². The van der Waals surface area contributed by atoms with Crippen LogP contribution in [0.25, 0.3) is 0 Å². The molecule has 1 heterocycles. The minimum absolute atomic E-state index is 0.0976. The Labute approximate surface area is 148 Å². The molecule has 1 N–H and O–H groups in total. The predicted octanol–water partition coefficient (Wildman–Crippen LogP) is 0.598. The van der Waals surface area contributed by atoms with Crippen LogP contribution >= 0.6 is 0 Å². The van der Waals surface area contributed by atoms with Crippen LogP contribution in [0.5, 0.6) is 0 Å². The second-order valence-corrected chi connectivity index (χ2v) is 8.39. The average molecular weight is 368 g/mol. The fourth-order valence-corrected chi connectivity index (χ4v) is 4.51. The monoisotopic (exact) mass is 368 g/mol. The largest absolute Gasteiger partial charge is 0.462 e. The molecular formula is C17H24N2O5S. The SMILES string of the molecule is CCOC(=O)c1ccc(CNC(=O)CN(C)[C@@H]2CCS(=O)(=O)C2)cc1. The minimum atomic E-state index is -2.96. The van der Waals surface area contributed by atoms with Crippen molar-refractivity contribution in [2.75, 3.05) is 31.7 Å². The molecule has 2 rings (SSSR count). The van der Waals surface area contributed by atoms with E-state index in [1.807, 2.05) is 0 Å². The fourth-order valence-electron chi connectivity index (χ4n) is 2.71. The zero-order chi connectivity index (χ0) is 18.4. The van der Waals surface area contributed by atoms with Crippen LogP contribution in [0, 0.1) is 0 Å².